The van der Waals surface area contributed by atoms with E-state index < -0.39 is 0 Å². The van der Waals surface area contributed by atoms with E-state index in [0.717, 1.165) is 39.3 Å². The minimum atomic E-state index is 0.237. The van der Waals surface area contributed by atoms with Gasteiger partial charge in [-0.3, -0.25) is 4.79 Å². The molecule has 1 aliphatic heterocycles. The second-order valence-electron chi connectivity index (χ2n) is 7.37. The second kappa shape index (κ2) is 8.88. The van der Waals surface area contributed by atoms with Crippen LogP contribution in [0.25, 0.3) is 0 Å². The van der Waals surface area contributed by atoms with E-state index in [-0.39, 0.29) is 5.91 Å². The van der Waals surface area contributed by atoms with Crippen LogP contribution in [0.3, 0.4) is 0 Å². The number of carbonyl (C=O) groups is 1. The molecular formula is C18H34N2O2. The van der Waals surface area contributed by atoms with Crippen molar-refractivity contribution in [3.8, 4) is 0 Å². The van der Waals surface area contributed by atoms with Crippen LogP contribution in [0.15, 0.2) is 0 Å². The van der Waals surface area contributed by atoms with Crippen molar-refractivity contribution < 1.29 is 9.53 Å². The number of nitrogens with one attached hydrogen (secondary N) is 2. The molecule has 1 amide bonds. The highest BCUT2D eigenvalue weighted by Crippen LogP contribution is 2.43. The molecule has 0 radical (unpaired) electrons. The molecule has 4 nitrogen and oxygen atoms in total. The Morgan fingerprint density at radius 3 is 2.82 bits per heavy atom. The molecule has 0 aromatic heterocycles. The van der Waals surface area contributed by atoms with Crippen LogP contribution in [-0.4, -0.2) is 38.8 Å². The van der Waals surface area contributed by atoms with Gasteiger partial charge in [0, 0.05) is 26.2 Å². The molecule has 1 saturated carbocycles. The Labute approximate surface area is 135 Å². The van der Waals surface area contributed by atoms with E-state index >= 15 is 0 Å². The van der Waals surface area contributed by atoms with Crippen LogP contribution < -0.4 is 10.6 Å². The molecule has 1 heterocycles. The molecule has 128 valence electrons. The largest absolute Gasteiger partial charge is 0.382 e. The molecule has 0 aromatic carbocycles. The molecule has 2 unspecified atom stereocenters. The summed E-state index contributed by atoms with van der Waals surface area (Å²) in [5, 5.41) is 6.65. The first-order valence-corrected chi connectivity index (χ1v) is 9.20. The lowest BCUT2D eigenvalue weighted by Gasteiger charge is -2.42. The second-order valence-corrected chi connectivity index (χ2v) is 7.37. The summed E-state index contributed by atoms with van der Waals surface area (Å²) in [6.07, 6.45) is 8.05. The Morgan fingerprint density at radius 2 is 2.23 bits per heavy atom. The summed E-state index contributed by atoms with van der Waals surface area (Å²) in [6, 6.07) is 0. The van der Waals surface area contributed by atoms with Crippen LogP contribution in [-0.2, 0) is 9.53 Å². The van der Waals surface area contributed by atoms with Crippen LogP contribution in [0.5, 0.6) is 0 Å². The predicted molar refractivity (Wildman–Crippen MR) is 89.8 cm³/mol. The summed E-state index contributed by atoms with van der Waals surface area (Å²) < 4.78 is 5.50. The molecule has 22 heavy (non-hydrogen) atoms. The van der Waals surface area contributed by atoms with Crippen LogP contribution in [0.2, 0.25) is 0 Å². The quantitative estimate of drug-likeness (QED) is 0.644. The third kappa shape index (κ3) is 5.24. The van der Waals surface area contributed by atoms with Crippen LogP contribution in [0, 0.1) is 17.3 Å². The molecule has 0 bridgehead atoms. The van der Waals surface area contributed by atoms with Crippen molar-refractivity contribution in [3.05, 3.63) is 0 Å². The summed E-state index contributed by atoms with van der Waals surface area (Å²) in [4.78, 5) is 12.3. The maximum atomic E-state index is 12.3. The predicted octanol–water partition coefficient (Wildman–Crippen LogP) is 2.73. The molecule has 0 aromatic rings. The summed E-state index contributed by atoms with van der Waals surface area (Å²) in [5.41, 5.74) is 0.320. The van der Waals surface area contributed by atoms with Crippen molar-refractivity contribution in [1.82, 2.24) is 10.6 Å². The highest BCUT2D eigenvalue weighted by Gasteiger charge is 2.36. The Balaban J connectivity index is 1.67. The van der Waals surface area contributed by atoms with E-state index in [1.807, 2.05) is 6.92 Å². The Bertz CT molecular complexity index is 336. The van der Waals surface area contributed by atoms with Gasteiger partial charge in [-0.05, 0) is 69.4 Å². The fourth-order valence-electron chi connectivity index (χ4n) is 3.81. The van der Waals surface area contributed by atoms with Gasteiger partial charge in [0.05, 0.1) is 0 Å². The lowest BCUT2D eigenvalue weighted by Crippen LogP contribution is -2.43. The van der Waals surface area contributed by atoms with Gasteiger partial charge < -0.3 is 15.4 Å². The van der Waals surface area contributed by atoms with Crippen LogP contribution in [0.1, 0.15) is 58.8 Å². The number of amides is 1. The number of rotatable bonds is 9. The maximum absolute atomic E-state index is 12.3. The lowest BCUT2D eigenvalue weighted by molar-refractivity contribution is -0.123. The highest BCUT2D eigenvalue weighted by atomic mass is 16.5. The summed E-state index contributed by atoms with van der Waals surface area (Å²) in [7, 11) is 0. The van der Waals surface area contributed by atoms with Gasteiger partial charge in [-0.25, -0.2) is 0 Å². The third-order valence-corrected chi connectivity index (χ3v) is 5.70. The van der Waals surface area contributed by atoms with Gasteiger partial charge in [-0.1, -0.05) is 13.3 Å². The van der Waals surface area contributed by atoms with Crippen molar-refractivity contribution in [2.45, 2.75) is 58.8 Å². The van der Waals surface area contributed by atoms with Gasteiger partial charge in [0.1, 0.15) is 0 Å². The molecule has 0 spiro atoms. The SMILES string of the molecule is CCOCCC1(CNC(=O)CC(C)C2CCCNC2)CCC1. The van der Waals surface area contributed by atoms with Crippen LogP contribution in [0.4, 0.5) is 0 Å². The summed E-state index contributed by atoms with van der Waals surface area (Å²) in [5.74, 6) is 1.38. The molecule has 2 fully saturated rings. The zero-order valence-electron chi connectivity index (χ0n) is 14.5. The maximum Gasteiger partial charge on any atom is 0.220 e. The van der Waals surface area contributed by atoms with E-state index in [2.05, 4.69) is 17.6 Å². The van der Waals surface area contributed by atoms with Crippen molar-refractivity contribution in [2.24, 2.45) is 17.3 Å². The zero-order chi connectivity index (χ0) is 15.8. The first-order valence-electron chi connectivity index (χ1n) is 9.20. The van der Waals surface area contributed by atoms with E-state index in [4.69, 9.17) is 4.74 Å². The van der Waals surface area contributed by atoms with E-state index in [9.17, 15) is 4.79 Å². The molecule has 2 aliphatic rings. The smallest absolute Gasteiger partial charge is 0.220 e. The molecule has 1 aliphatic carbocycles. The first kappa shape index (κ1) is 17.7. The molecule has 2 N–H and O–H groups in total. The van der Waals surface area contributed by atoms with Crippen molar-refractivity contribution in [1.29, 1.82) is 0 Å². The minimum absolute atomic E-state index is 0.237. The van der Waals surface area contributed by atoms with Crippen molar-refractivity contribution >= 4 is 5.91 Å². The monoisotopic (exact) mass is 310 g/mol. The van der Waals surface area contributed by atoms with E-state index in [1.54, 1.807) is 0 Å². The van der Waals surface area contributed by atoms with Gasteiger partial charge in [-0.2, -0.15) is 0 Å². The minimum Gasteiger partial charge on any atom is -0.382 e. The fourth-order valence-corrected chi connectivity index (χ4v) is 3.81. The number of hydrogen-bond donors (Lipinski definition) is 2. The third-order valence-electron chi connectivity index (χ3n) is 5.70. The van der Waals surface area contributed by atoms with Crippen molar-refractivity contribution in [2.75, 3.05) is 32.8 Å². The van der Waals surface area contributed by atoms with E-state index in [0.29, 0.717) is 23.7 Å². The first-order chi connectivity index (χ1) is 10.7. The summed E-state index contributed by atoms with van der Waals surface area (Å²) >= 11 is 0. The fraction of sp³-hybridized carbons (Fsp3) is 0.944. The van der Waals surface area contributed by atoms with Gasteiger partial charge in [-0.15, -0.1) is 0 Å². The number of ether oxygens (including phenoxy) is 1. The molecular weight excluding hydrogens is 276 g/mol. The molecule has 2 rings (SSSR count). The topological polar surface area (TPSA) is 50.4 Å². The molecule has 1 saturated heterocycles. The van der Waals surface area contributed by atoms with E-state index in [1.165, 1.54) is 32.1 Å². The van der Waals surface area contributed by atoms with Crippen LogP contribution >= 0.6 is 0 Å². The normalized spacial score (nSPS) is 25.3. The number of carbonyl (C=O) groups excluding carboxylic acids is 1. The average molecular weight is 310 g/mol. The Hall–Kier alpha value is -0.610. The van der Waals surface area contributed by atoms with Gasteiger partial charge in [0.2, 0.25) is 5.91 Å². The number of piperidine rings is 1. The highest BCUT2D eigenvalue weighted by molar-refractivity contribution is 5.76. The standard InChI is InChI=1S/C18H34N2O2/c1-3-22-11-9-18(7-5-8-18)14-20-17(21)12-15(2)16-6-4-10-19-13-16/h15-16,19H,3-14H2,1-2H3,(H,20,21). The summed E-state index contributed by atoms with van der Waals surface area (Å²) in [6.45, 7) is 8.94. The number of hydrogen-bond acceptors (Lipinski definition) is 3. The molecule has 2 atom stereocenters. The molecule has 4 heteroatoms. The lowest BCUT2D eigenvalue weighted by atomic mass is 9.66. The van der Waals surface area contributed by atoms with Gasteiger partial charge in [0.15, 0.2) is 0 Å². The average Bonchev–Trinajstić information content (AvgIpc) is 2.50. The Kier molecular flexibility index (Phi) is 7.16. The van der Waals surface area contributed by atoms with Crippen molar-refractivity contribution in [3.63, 3.8) is 0 Å². The Morgan fingerprint density at radius 1 is 1.41 bits per heavy atom. The van der Waals surface area contributed by atoms with Gasteiger partial charge in [0.25, 0.3) is 0 Å². The van der Waals surface area contributed by atoms with Gasteiger partial charge >= 0.3 is 0 Å². The zero-order valence-corrected chi connectivity index (χ0v) is 14.5.